The maximum absolute atomic E-state index is 13.0. The summed E-state index contributed by atoms with van der Waals surface area (Å²) in [5, 5.41) is 2.68. The van der Waals surface area contributed by atoms with Gasteiger partial charge in [0.1, 0.15) is 18.1 Å². The molecule has 0 aliphatic rings. The summed E-state index contributed by atoms with van der Waals surface area (Å²) in [6.07, 6.45) is 0. The average Bonchev–Trinajstić information content (AvgIpc) is 2.81. The van der Waals surface area contributed by atoms with Gasteiger partial charge >= 0.3 is 5.97 Å². The quantitative estimate of drug-likeness (QED) is 0.557. The van der Waals surface area contributed by atoms with Gasteiger partial charge in [-0.3, -0.25) is 4.79 Å². The number of pyridine rings is 1. The Morgan fingerprint density at radius 1 is 1.00 bits per heavy atom. The molecular formula is C23H21FN2O5. The molecule has 0 radical (unpaired) electrons. The molecule has 3 rings (SSSR count). The molecule has 0 fully saturated rings. The van der Waals surface area contributed by atoms with Crippen molar-refractivity contribution >= 4 is 11.9 Å². The van der Waals surface area contributed by atoms with E-state index in [-0.39, 0.29) is 41.9 Å². The smallest absolute Gasteiger partial charge is 0.360 e. The first-order valence-corrected chi connectivity index (χ1v) is 9.38. The lowest BCUT2D eigenvalue weighted by molar-refractivity contribution is 0.0587. The topological polar surface area (TPSA) is 86.8 Å². The number of carbonyl (C=O) groups excluding carboxylic acids is 2. The average molecular weight is 424 g/mol. The second-order valence-corrected chi connectivity index (χ2v) is 6.46. The molecule has 1 aromatic heterocycles. The molecule has 0 unspecified atom stereocenters. The number of methoxy groups -OCH3 is 2. The van der Waals surface area contributed by atoms with Crippen LogP contribution in [0.15, 0.2) is 60.7 Å². The molecule has 1 heterocycles. The van der Waals surface area contributed by atoms with Gasteiger partial charge in [-0.1, -0.05) is 42.5 Å². The first-order valence-electron chi connectivity index (χ1n) is 9.38. The molecular weight excluding hydrogens is 403 g/mol. The number of halogens is 1. The van der Waals surface area contributed by atoms with Crippen LogP contribution in [-0.2, 0) is 17.9 Å². The van der Waals surface area contributed by atoms with Gasteiger partial charge in [0, 0.05) is 12.6 Å². The minimum Gasteiger partial charge on any atom is -0.493 e. The Morgan fingerprint density at radius 2 is 1.71 bits per heavy atom. The normalized spacial score (nSPS) is 10.3. The summed E-state index contributed by atoms with van der Waals surface area (Å²) in [5.41, 5.74) is 1.36. The predicted molar refractivity (Wildman–Crippen MR) is 110 cm³/mol. The third-order valence-corrected chi connectivity index (χ3v) is 4.36. The van der Waals surface area contributed by atoms with Crippen molar-refractivity contribution in [2.45, 2.75) is 13.2 Å². The Labute approximate surface area is 178 Å². The molecule has 160 valence electrons. The zero-order valence-corrected chi connectivity index (χ0v) is 17.1. The summed E-state index contributed by atoms with van der Waals surface area (Å²) in [5.74, 6) is -1.43. The Balaban J connectivity index is 1.84. The van der Waals surface area contributed by atoms with Crippen molar-refractivity contribution in [1.82, 2.24) is 10.3 Å². The van der Waals surface area contributed by atoms with Crippen molar-refractivity contribution in [1.29, 1.82) is 0 Å². The first kappa shape index (κ1) is 21.8. The lowest BCUT2D eigenvalue weighted by atomic mass is 10.2. The van der Waals surface area contributed by atoms with Gasteiger partial charge < -0.3 is 19.5 Å². The van der Waals surface area contributed by atoms with Crippen LogP contribution in [-0.4, -0.2) is 31.1 Å². The molecule has 1 N–H and O–H groups in total. The molecule has 0 spiro atoms. The summed E-state index contributed by atoms with van der Waals surface area (Å²) in [6, 6.07) is 16.5. The Kier molecular flexibility index (Phi) is 7.16. The van der Waals surface area contributed by atoms with Crippen LogP contribution in [0.25, 0.3) is 0 Å². The fourth-order valence-corrected chi connectivity index (χ4v) is 2.76. The van der Waals surface area contributed by atoms with Gasteiger partial charge in [-0.2, -0.15) is 0 Å². The van der Waals surface area contributed by atoms with Gasteiger partial charge in [0.05, 0.1) is 14.2 Å². The lowest BCUT2D eigenvalue weighted by Gasteiger charge is -2.15. The summed E-state index contributed by atoms with van der Waals surface area (Å²) in [6.45, 7) is 0.321. The monoisotopic (exact) mass is 424 g/mol. The van der Waals surface area contributed by atoms with Crippen LogP contribution in [0.1, 0.15) is 32.1 Å². The van der Waals surface area contributed by atoms with Crippen LogP contribution in [0.4, 0.5) is 4.39 Å². The Morgan fingerprint density at radius 3 is 2.35 bits per heavy atom. The number of nitrogens with one attached hydrogen (secondary N) is 1. The van der Waals surface area contributed by atoms with Gasteiger partial charge in [0.15, 0.2) is 17.2 Å². The van der Waals surface area contributed by atoms with E-state index < -0.39 is 11.9 Å². The van der Waals surface area contributed by atoms with Crippen molar-refractivity contribution < 1.29 is 28.2 Å². The number of carbonyl (C=O) groups is 2. The van der Waals surface area contributed by atoms with Gasteiger partial charge in [0.2, 0.25) is 0 Å². The highest BCUT2D eigenvalue weighted by Gasteiger charge is 2.24. The molecule has 2 aromatic carbocycles. The Bertz CT molecular complexity index is 1060. The van der Waals surface area contributed by atoms with Crippen LogP contribution >= 0.6 is 0 Å². The van der Waals surface area contributed by atoms with Crippen LogP contribution in [0.5, 0.6) is 11.5 Å². The summed E-state index contributed by atoms with van der Waals surface area (Å²) in [4.78, 5) is 29.1. The second-order valence-electron chi connectivity index (χ2n) is 6.46. The minimum absolute atomic E-state index is 0.0496. The molecule has 8 heteroatoms. The molecule has 0 atom stereocenters. The van der Waals surface area contributed by atoms with Crippen LogP contribution in [0, 0.1) is 5.82 Å². The number of amides is 1. The standard InChI is InChI=1S/C23H21FN2O5/c1-29-19-12-18(22(27)25-13-15-8-10-17(24)11-9-15)26-20(23(28)30-2)21(19)31-14-16-6-4-3-5-7-16/h3-12H,13-14H2,1-2H3,(H,25,27). The van der Waals surface area contributed by atoms with Crippen molar-refractivity contribution in [3.63, 3.8) is 0 Å². The third kappa shape index (κ3) is 5.57. The van der Waals surface area contributed by atoms with Gasteiger partial charge in [-0.25, -0.2) is 14.2 Å². The molecule has 0 aliphatic carbocycles. The number of aromatic nitrogens is 1. The fourth-order valence-electron chi connectivity index (χ4n) is 2.76. The van der Waals surface area contributed by atoms with Crippen molar-refractivity contribution in [2.75, 3.05) is 14.2 Å². The summed E-state index contributed by atoms with van der Waals surface area (Å²) in [7, 11) is 2.60. The highest BCUT2D eigenvalue weighted by molar-refractivity contribution is 5.97. The van der Waals surface area contributed by atoms with E-state index in [1.807, 2.05) is 30.3 Å². The van der Waals surface area contributed by atoms with E-state index in [0.717, 1.165) is 5.56 Å². The van der Waals surface area contributed by atoms with Crippen molar-refractivity contribution in [2.24, 2.45) is 0 Å². The molecule has 7 nitrogen and oxygen atoms in total. The molecule has 3 aromatic rings. The zero-order chi connectivity index (χ0) is 22.2. The van der Waals surface area contributed by atoms with Gasteiger partial charge in [0.25, 0.3) is 5.91 Å². The van der Waals surface area contributed by atoms with E-state index in [0.29, 0.717) is 5.56 Å². The van der Waals surface area contributed by atoms with Crippen LogP contribution in [0.2, 0.25) is 0 Å². The minimum atomic E-state index is -0.769. The highest BCUT2D eigenvalue weighted by Crippen LogP contribution is 2.32. The number of hydrogen-bond donors (Lipinski definition) is 1. The van der Waals surface area contributed by atoms with E-state index in [1.54, 1.807) is 12.1 Å². The summed E-state index contributed by atoms with van der Waals surface area (Å²) >= 11 is 0. The zero-order valence-electron chi connectivity index (χ0n) is 17.1. The maximum Gasteiger partial charge on any atom is 0.360 e. The van der Waals surface area contributed by atoms with E-state index in [4.69, 9.17) is 14.2 Å². The first-order chi connectivity index (χ1) is 15.0. The number of ether oxygens (including phenoxy) is 3. The molecule has 0 bridgehead atoms. The van der Waals surface area contributed by atoms with Gasteiger partial charge in [-0.05, 0) is 23.3 Å². The molecule has 31 heavy (non-hydrogen) atoms. The largest absolute Gasteiger partial charge is 0.493 e. The van der Waals surface area contributed by atoms with E-state index in [2.05, 4.69) is 10.3 Å². The van der Waals surface area contributed by atoms with E-state index in [9.17, 15) is 14.0 Å². The number of rotatable bonds is 8. The second kappa shape index (κ2) is 10.2. The highest BCUT2D eigenvalue weighted by atomic mass is 19.1. The number of benzene rings is 2. The number of esters is 1. The Hall–Kier alpha value is -3.94. The van der Waals surface area contributed by atoms with Crippen molar-refractivity contribution in [3.8, 4) is 11.5 Å². The fraction of sp³-hybridized carbons (Fsp3) is 0.174. The molecule has 1 amide bonds. The number of hydrogen-bond acceptors (Lipinski definition) is 6. The third-order valence-electron chi connectivity index (χ3n) is 4.36. The van der Waals surface area contributed by atoms with Crippen LogP contribution in [0.3, 0.4) is 0 Å². The van der Waals surface area contributed by atoms with E-state index in [1.165, 1.54) is 32.4 Å². The maximum atomic E-state index is 13.0. The lowest BCUT2D eigenvalue weighted by Crippen LogP contribution is -2.25. The summed E-state index contributed by atoms with van der Waals surface area (Å²) < 4.78 is 29.0. The van der Waals surface area contributed by atoms with Crippen LogP contribution < -0.4 is 14.8 Å². The van der Waals surface area contributed by atoms with E-state index >= 15 is 0 Å². The number of nitrogens with zero attached hydrogens (tertiary/aromatic N) is 1. The molecule has 0 saturated carbocycles. The van der Waals surface area contributed by atoms with Gasteiger partial charge in [-0.15, -0.1) is 0 Å². The van der Waals surface area contributed by atoms with Crippen molar-refractivity contribution in [3.05, 3.63) is 89.0 Å². The predicted octanol–water partition coefficient (Wildman–Crippen LogP) is 3.52. The molecule has 0 saturated heterocycles. The SMILES string of the molecule is COC(=O)c1nc(C(=O)NCc2ccc(F)cc2)cc(OC)c1OCc1ccccc1. The molecule has 0 aliphatic heterocycles.